The fourth-order valence-corrected chi connectivity index (χ4v) is 14.5. The number of hydrogen-bond acceptors (Lipinski definition) is 7. The van der Waals surface area contributed by atoms with E-state index in [0.717, 1.165) is 56.1 Å². The second-order valence-corrected chi connectivity index (χ2v) is 22.7. The summed E-state index contributed by atoms with van der Waals surface area (Å²) in [5.74, 6) is 0.584. The zero-order valence-electron chi connectivity index (χ0n) is 37.6. The second-order valence-electron chi connectivity index (χ2n) is 22.7. The van der Waals surface area contributed by atoms with E-state index in [1.807, 2.05) is 58.9 Å². The Balaban J connectivity index is 1.13. The van der Waals surface area contributed by atoms with E-state index >= 15 is 0 Å². The van der Waals surface area contributed by atoms with Crippen molar-refractivity contribution in [3.8, 4) is 0 Å². The Bertz CT molecular complexity index is 1910. The number of nitrogens with one attached hydrogen (secondary N) is 1. The third-order valence-corrected chi connectivity index (χ3v) is 18.3. The predicted octanol–water partition coefficient (Wildman–Crippen LogP) is 9.94. The van der Waals surface area contributed by atoms with Gasteiger partial charge in [-0.15, -0.1) is 0 Å². The Labute approximate surface area is 347 Å². The lowest BCUT2D eigenvalue weighted by Gasteiger charge is -2.72. The van der Waals surface area contributed by atoms with Crippen LogP contribution >= 0.6 is 0 Å². The van der Waals surface area contributed by atoms with Crippen LogP contribution in [-0.2, 0) is 28.7 Å². The van der Waals surface area contributed by atoms with Gasteiger partial charge in [-0.3, -0.25) is 24.0 Å². The Hall–Kier alpha value is -3.29. The lowest BCUT2D eigenvalue weighted by Crippen LogP contribution is -2.67. The maximum Gasteiger partial charge on any atom is 0.310 e. The monoisotopic (exact) mass is 798 g/mol. The van der Waals surface area contributed by atoms with Gasteiger partial charge in [-0.25, -0.2) is 0 Å². The lowest BCUT2D eigenvalue weighted by atomic mass is 9.33. The van der Waals surface area contributed by atoms with Gasteiger partial charge in [0, 0.05) is 29.2 Å². The number of rotatable bonds is 10. The number of benzene rings is 1. The minimum absolute atomic E-state index is 0.0148. The van der Waals surface area contributed by atoms with E-state index in [1.165, 1.54) is 5.57 Å². The van der Waals surface area contributed by atoms with Gasteiger partial charge in [0.15, 0.2) is 11.6 Å². The van der Waals surface area contributed by atoms with Gasteiger partial charge in [0.1, 0.15) is 12.2 Å². The normalized spacial score (nSPS) is 38.7. The first-order valence-corrected chi connectivity index (χ1v) is 22.4. The van der Waals surface area contributed by atoms with Crippen LogP contribution in [0.2, 0.25) is 0 Å². The molecule has 0 saturated heterocycles. The molecule has 0 bridgehead atoms. The minimum atomic E-state index is -0.954. The van der Waals surface area contributed by atoms with Crippen LogP contribution in [0.3, 0.4) is 0 Å². The number of ether oxygens (including phenoxy) is 2. The van der Waals surface area contributed by atoms with Gasteiger partial charge in [0.2, 0.25) is 5.91 Å². The van der Waals surface area contributed by atoms with Gasteiger partial charge in [-0.1, -0.05) is 106 Å². The average Bonchev–Trinajstić information content (AvgIpc) is 3.43. The molecule has 1 N–H and O–H groups in total. The van der Waals surface area contributed by atoms with Gasteiger partial charge < -0.3 is 14.8 Å². The molecule has 8 heteroatoms. The highest BCUT2D eigenvalue weighted by Gasteiger charge is 2.70. The molecular weight excluding hydrogens is 727 g/mol. The van der Waals surface area contributed by atoms with E-state index in [1.54, 1.807) is 0 Å². The van der Waals surface area contributed by atoms with E-state index < -0.39 is 16.4 Å². The van der Waals surface area contributed by atoms with Crippen molar-refractivity contribution < 1.29 is 33.4 Å². The molecule has 58 heavy (non-hydrogen) atoms. The van der Waals surface area contributed by atoms with Crippen molar-refractivity contribution in [3.05, 3.63) is 46.5 Å². The number of allylic oxidation sites excluding steroid dienone is 1. The van der Waals surface area contributed by atoms with Crippen LogP contribution in [0.25, 0.3) is 0 Å². The zero-order chi connectivity index (χ0) is 42.6. The van der Waals surface area contributed by atoms with Crippen molar-refractivity contribution in [1.29, 1.82) is 0 Å². The number of carbonyl (C=O) groups is 5. The first kappa shape index (κ1) is 42.8. The van der Waals surface area contributed by atoms with Crippen LogP contribution in [-0.4, -0.2) is 47.7 Å². The van der Waals surface area contributed by atoms with Gasteiger partial charge in [-0.05, 0) is 116 Å². The van der Waals surface area contributed by atoms with E-state index in [-0.39, 0.29) is 81.5 Å². The largest absolute Gasteiger partial charge is 0.464 e. The molecule has 0 aromatic heterocycles. The van der Waals surface area contributed by atoms with E-state index in [0.29, 0.717) is 43.1 Å². The molecule has 6 aliphatic rings. The van der Waals surface area contributed by atoms with Crippen LogP contribution in [0.15, 0.2) is 35.4 Å². The molecule has 0 heterocycles. The van der Waals surface area contributed by atoms with Gasteiger partial charge in [0.05, 0.1) is 16.9 Å². The SMILES string of the molecule is Cc1ccc(C(=O)CC(C)(C)C(=O)N[C@@]23CC[C@]4(C)[C@H](CC[C@@H]5[C@@]6(C)CC[C@H](OC(=O)[C@H]7C[C@@H](OC=O)C7(C)C)C(C)(C)[C@@H]6CC[C@]54C)C2=C(C(C)C)C(=O)C3)cc1. The molecular formula is C50H71NO7. The highest BCUT2D eigenvalue weighted by Crippen LogP contribution is 2.76. The summed E-state index contributed by atoms with van der Waals surface area (Å²) in [6, 6.07) is 7.53. The third kappa shape index (κ3) is 6.29. The summed E-state index contributed by atoms with van der Waals surface area (Å²) in [6.45, 7) is 26.7. The number of carbonyl (C=O) groups excluding carboxylic acids is 5. The van der Waals surface area contributed by atoms with Crippen molar-refractivity contribution in [3.63, 3.8) is 0 Å². The third-order valence-electron chi connectivity index (χ3n) is 18.3. The van der Waals surface area contributed by atoms with Gasteiger partial charge >= 0.3 is 5.97 Å². The maximum absolute atomic E-state index is 14.4. The first-order valence-electron chi connectivity index (χ1n) is 22.4. The summed E-state index contributed by atoms with van der Waals surface area (Å²) in [5.41, 5.74) is 1.47. The number of Topliss-reactive ketones (excluding diaryl/α,β-unsaturated/α-hetero) is 2. The summed E-state index contributed by atoms with van der Waals surface area (Å²) in [4.78, 5) is 66.8. The van der Waals surface area contributed by atoms with Crippen molar-refractivity contribution in [1.82, 2.24) is 5.32 Å². The molecule has 1 aromatic carbocycles. The van der Waals surface area contributed by atoms with Crippen LogP contribution < -0.4 is 5.32 Å². The molecule has 1 aromatic rings. The Kier molecular flexibility index (Phi) is 10.4. The van der Waals surface area contributed by atoms with Crippen molar-refractivity contribution in [2.45, 2.75) is 171 Å². The molecule has 6 aliphatic carbocycles. The van der Waals surface area contributed by atoms with Crippen LogP contribution in [0.4, 0.5) is 0 Å². The molecule has 0 spiro atoms. The summed E-state index contributed by atoms with van der Waals surface area (Å²) < 4.78 is 11.7. The van der Waals surface area contributed by atoms with Crippen LogP contribution in [0, 0.1) is 69.0 Å². The molecule has 0 aliphatic heterocycles. The highest BCUT2D eigenvalue weighted by molar-refractivity contribution is 6.03. The standard InChI is InChI=1S/C50H71NO7/c1-29(2)40-35(54)27-50(51-43(56)44(4,5)26-34(53)31-15-13-30(3)14-16-31)24-23-48(11)32(41(40)50)17-18-37-47(10)21-20-38(46(8,9)36(47)19-22-49(37,48)12)58-42(55)33-25-39(57-28-52)45(33,6)7/h13-16,28-29,32-33,36-39H,17-27H2,1-12H3,(H,51,56)/t32-,33-,36+,37-,38+,39-,47+,48-,49-,50-/m1/s1. The fraction of sp³-hybridized carbons (Fsp3) is 0.740. The molecule has 5 fully saturated rings. The van der Waals surface area contributed by atoms with E-state index in [2.05, 4.69) is 53.8 Å². The number of fused-ring (bicyclic) bond motifs is 7. The molecule has 318 valence electrons. The van der Waals surface area contributed by atoms with E-state index in [9.17, 15) is 24.0 Å². The molecule has 1 amide bonds. The smallest absolute Gasteiger partial charge is 0.310 e. The summed E-state index contributed by atoms with van der Waals surface area (Å²) in [5, 5.41) is 3.53. The predicted molar refractivity (Wildman–Crippen MR) is 224 cm³/mol. The fourth-order valence-electron chi connectivity index (χ4n) is 14.5. The Morgan fingerprint density at radius 3 is 2.14 bits per heavy atom. The lowest BCUT2D eigenvalue weighted by molar-refractivity contribution is -0.236. The molecule has 0 unspecified atom stereocenters. The summed E-state index contributed by atoms with van der Waals surface area (Å²) in [7, 11) is 0. The van der Waals surface area contributed by atoms with Crippen molar-refractivity contribution in [2.24, 2.45) is 62.1 Å². The topological polar surface area (TPSA) is 116 Å². The highest BCUT2D eigenvalue weighted by atomic mass is 16.6. The number of aryl methyl sites for hydroxylation is 1. The first-order chi connectivity index (χ1) is 26.9. The van der Waals surface area contributed by atoms with Crippen molar-refractivity contribution in [2.75, 3.05) is 0 Å². The van der Waals surface area contributed by atoms with Crippen molar-refractivity contribution >= 4 is 29.9 Å². The van der Waals surface area contributed by atoms with Gasteiger partial charge in [-0.2, -0.15) is 0 Å². The molecule has 10 atom stereocenters. The average molecular weight is 798 g/mol. The summed E-state index contributed by atoms with van der Waals surface area (Å²) in [6.07, 6.45) is 8.09. The minimum Gasteiger partial charge on any atom is -0.464 e. The van der Waals surface area contributed by atoms with Crippen LogP contribution in [0.1, 0.15) is 163 Å². The van der Waals surface area contributed by atoms with E-state index in [4.69, 9.17) is 9.47 Å². The number of esters is 1. The molecule has 7 rings (SSSR count). The number of amides is 1. The van der Waals surface area contributed by atoms with Gasteiger partial charge in [0.25, 0.3) is 6.47 Å². The maximum atomic E-state index is 14.4. The number of ketones is 2. The molecule has 0 radical (unpaired) electrons. The summed E-state index contributed by atoms with van der Waals surface area (Å²) >= 11 is 0. The second kappa shape index (κ2) is 14.1. The Morgan fingerprint density at radius 1 is 0.845 bits per heavy atom. The quantitative estimate of drug-likeness (QED) is 0.142. The molecule has 5 saturated carbocycles. The Morgan fingerprint density at radius 2 is 1.52 bits per heavy atom. The molecule has 8 nitrogen and oxygen atoms in total. The number of hydrogen-bond donors (Lipinski definition) is 1. The zero-order valence-corrected chi connectivity index (χ0v) is 37.6. The van der Waals surface area contributed by atoms with Crippen LogP contribution in [0.5, 0.6) is 0 Å².